The zero-order valence-electron chi connectivity index (χ0n) is 11.0. The summed E-state index contributed by atoms with van der Waals surface area (Å²) in [6.07, 6.45) is 3.30. The lowest BCUT2D eigenvalue weighted by molar-refractivity contribution is 0.312. The van der Waals surface area contributed by atoms with E-state index in [2.05, 4.69) is 37.6 Å². The molecule has 1 aromatic carbocycles. The van der Waals surface area contributed by atoms with Crippen molar-refractivity contribution in [3.05, 3.63) is 24.3 Å². The van der Waals surface area contributed by atoms with Gasteiger partial charge >= 0.3 is 0 Å². The third kappa shape index (κ3) is 6.59. The van der Waals surface area contributed by atoms with E-state index in [1.54, 1.807) is 11.8 Å². The van der Waals surface area contributed by atoms with Gasteiger partial charge in [0, 0.05) is 11.4 Å². The molecule has 0 saturated heterocycles. The molecule has 0 aromatic heterocycles. The zero-order valence-corrected chi connectivity index (χ0v) is 11.8. The lowest BCUT2D eigenvalue weighted by atomic mass is 10.1. The second-order valence-corrected chi connectivity index (χ2v) is 5.34. The summed E-state index contributed by atoms with van der Waals surface area (Å²) in [5, 5.41) is 3.38. The van der Waals surface area contributed by atoms with E-state index in [0.717, 1.165) is 31.4 Å². The lowest BCUT2D eigenvalue weighted by Crippen LogP contribution is -2.22. The summed E-state index contributed by atoms with van der Waals surface area (Å²) in [6, 6.07) is 8.23. The highest BCUT2D eigenvalue weighted by molar-refractivity contribution is 7.98. The SMILES string of the molecule is CSc1ccc(OCCNCCC(C)C)cc1. The molecule has 0 atom stereocenters. The summed E-state index contributed by atoms with van der Waals surface area (Å²) >= 11 is 1.75. The molecule has 3 heteroatoms. The van der Waals surface area contributed by atoms with Gasteiger partial charge in [0.15, 0.2) is 0 Å². The van der Waals surface area contributed by atoms with Crippen molar-refractivity contribution in [2.24, 2.45) is 5.92 Å². The lowest BCUT2D eigenvalue weighted by Gasteiger charge is -2.09. The highest BCUT2D eigenvalue weighted by Crippen LogP contribution is 2.18. The van der Waals surface area contributed by atoms with E-state index < -0.39 is 0 Å². The van der Waals surface area contributed by atoms with Crippen LogP contribution >= 0.6 is 11.8 Å². The Kier molecular flexibility index (Phi) is 7.13. The van der Waals surface area contributed by atoms with Gasteiger partial charge in [-0.25, -0.2) is 0 Å². The Labute approximate surface area is 109 Å². The molecular formula is C14H23NOS. The summed E-state index contributed by atoms with van der Waals surface area (Å²) in [6.45, 7) is 7.21. The van der Waals surface area contributed by atoms with Crippen LogP contribution in [0.15, 0.2) is 29.2 Å². The van der Waals surface area contributed by atoms with E-state index in [1.807, 2.05) is 12.1 Å². The monoisotopic (exact) mass is 253 g/mol. The van der Waals surface area contributed by atoms with Gasteiger partial charge in [0.2, 0.25) is 0 Å². The third-order valence-corrected chi connectivity index (χ3v) is 3.25. The van der Waals surface area contributed by atoms with Gasteiger partial charge in [0.05, 0.1) is 0 Å². The summed E-state index contributed by atoms with van der Waals surface area (Å²) in [7, 11) is 0. The number of hydrogen-bond donors (Lipinski definition) is 1. The number of thioether (sulfide) groups is 1. The van der Waals surface area contributed by atoms with Gasteiger partial charge in [-0.15, -0.1) is 11.8 Å². The summed E-state index contributed by atoms with van der Waals surface area (Å²) in [4.78, 5) is 1.27. The van der Waals surface area contributed by atoms with Crippen molar-refractivity contribution >= 4 is 11.8 Å². The molecule has 0 bridgehead atoms. The fourth-order valence-electron chi connectivity index (χ4n) is 1.43. The zero-order chi connectivity index (χ0) is 12.5. The molecule has 1 aromatic rings. The van der Waals surface area contributed by atoms with Gasteiger partial charge in [-0.05, 0) is 49.4 Å². The summed E-state index contributed by atoms with van der Waals surface area (Å²) in [5.41, 5.74) is 0. The Balaban J connectivity index is 2.09. The predicted octanol–water partition coefficient (Wildman–Crippen LogP) is 3.42. The van der Waals surface area contributed by atoms with Gasteiger partial charge in [0.1, 0.15) is 12.4 Å². The molecule has 1 N–H and O–H groups in total. The van der Waals surface area contributed by atoms with Crippen LogP contribution in [0.4, 0.5) is 0 Å². The molecule has 0 saturated carbocycles. The van der Waals surface area contributed by atoms with Gasteiger partial charge in [-0.3, -0.25) is 0 Å². The van der Waals surface area contributed by atoms with Crippen molar-refractivity contribution in [1.29, 1.82) is 0 Å². The van der Waals surface area contributed by atoms with Crippen molar-refractivity contribution < 1.29 is 4.74 Å². The van der Waals surface area contributed by atoms with Crippen LogP contribution in [-0.4, -0.2) is 26.0 Å². The minimum absolute atomic E-state index is 0.733. The van der Waals surface area contributed by atoms with Gasteiger partial charge < -0.3 is 10.1 Å². The Morgan fingerprint density at radius 2 is 1.88 bits per heavy atom. The average Bonchev–Trinajstić information content (AvgIpc) is 2.34. The van der Waals surface area contributed by atoms with Crippen molar-refractivity contribution in [2.75, 3.05) is 26.0 Å². The van der Waals surface area contributed by atoms with Crippen LogP contribution in [0.3, 0.4) is 0 Å². The molecule has 2 nitrogen and oxygen atoms in total. The molecule has 0 unspecified atom stereocenters. The number of benzene rings is 1. The molecule has 0 aliphatic carbocycles. The first-order chi connectivity index (χ1) is 8.22. The molecule has 17 heavy (non-hydrogen) atoms. The van der Waals surface area contributed by atoms with Crippen molar-refractivity contribution in [3.8, 4) is 5.75 Å². The third-order valence-electron chi connectivity index (χ3n) is 2.51. The van der Waals surface area contributed by atoms with Crippen LogP contribution in [0.5, 0.6) is 5.75 Å². The maximum absolute atomic E-state index is 5.64. The Hall–Kier alpha value is -0.670. The highest BCUT2D eigenvalue weighted by Gasteiger charge is 1.95. The van der Waals surface area contributed by atoms with E-state index in [9.17, 15) is 0 Å². The van der Waals surface area contributed by atoms with Crippen LogP contribution in [0.1, 0.15) is 20.3 Å². The van der Waals surface area contributed by atoms with Crippen LogP contribution in [-0.2, 0) is 0 Å². The molecule has 0 aliphatic heterocycles. The van der Waals surface area contributed by atoms with Crippen molar-refractivity contribution in [3.63, 3.8) is 0 Å². The summed E-state index contributed by atoms with van der Waals surface area (Å²) in [5.74, 6) is 1.72. The number of rotatable bonds is 8. The molecular weight excluding hydrogens is 230 g/mol. The predicted molar refractivity (Wildman–Crippen MR) is 76.0 cm³/mol. The van der Waals surface area contributed by atoms with E-state index in [0.29, 0.717) is 0 Å². The van der Waals surface area contributed by atoms with Crippen LogP contribution in [0, 0.1) is 5.92 Å². The fourth-order valence-corrected chi connectivity index (χ4v) is 1.84. The molecule has 0 heterocycles. The number of nitrogens with one attached hydrogen (secondary N) is 1. The Morgan fingerprint density at radius 3 is 2.47 bits per heavy atom. The van der Waals surface area contributed by atoms with Crippen molar-refractivity contribution in [1.82, 2.24) is 5.32 Å². The standard InChI is InChI=1S/C14H23NOS/c1-12(2)8-9-15-10-11-16-13-4-6-14(17-3)7-5-13/h4-7,12,15H,8-11H2,1-3H3. The molecule has 1 rings (SSSR count). The fraction of sp³-hybridized carbons (Fsp3) is 0.571. The minimum Gasteiger partial charge on any atom is -0.492 e. The number of hydrogen-bond acceptors (Lipinski definition) is 3. The first-order valence-corrected chi connectivity index (χ1v) is 7.42. The van der Waals surface area contributed by atoms with Gasteiger partial charge in [0.25, 0.3) is 0 Å². The Bertz CT molecular complexity index is 298. The molecule has 0 amide bonds. The maximum Gasteiger partial charge on any atom is 0.119 e. The van der Waals surface area contributed by atoms with E-state index >= 15 is 0 Å². The molecule has 96 valence electrons. The number of ether oxygens (including phenoxy) is 1. The van der Waals surface area contributed by atoms with Crippen LogP contribution < -0.4 is 10.1 Å². The largest absolute Gasteiger partial charge is 0.492 e. The minimum atomic E-state index is 0.733. The van der Waals surface area contributed by atoms with Crippen LogP contribution in [0.25, 0.3) is 0 Å². The first-order valence-electron chi connectivity index (χ1n) is 6.20. The van der Waals surface area contributed by atoms with Crippen molar-refractivity contribution in [2.45, 2.75) is 25.2 Å². The molecule has 0 aliphatic rings. The second kappa shape index (κ2) is 8.43. The van der Waals surface area contributed by atoms with Crippen LogP contribution in [0.2, 0.25) is 0 Å². The van der Waals surface area contributed by atoms with E-state index in [1.165, 1.54) is 11.3 Å². The quantitative estimate of drug-likeness (QED) is 0.566. The topological polar surface area (TPSA) is 21.3 Å². The smallest absolute Gasteiger partial charge is 0.119 e. The maximum atomic E-state index is 5.64. The Morgan fingerprint density at radius 1 is 1.18 bits per heavy atom. The van der Waals surface area contributed by atoms with Gasteiger partial charge in [-0.1, -0.05) is 13.8 Å². The normalized spacial score (nSPS) is 10.8. The highest BCUT2D eigenvalue weighted by atomic mass is 32.2. The molecule has 0 spiro atoms. The first kappa shape index (κ1) is 14.4. The second-order valence-electron chi connectivity index (χ2n) is 4.46. The average molecular weight is 253 g/mol. The van der Waals surface area contributed by atoms with E-state index in [4.69, 9.17) is 4.74 Å². The molecule has 0 radical (unpaired) electrons. The van der Waals surface area contributed by atoms with Gasteiger partial charge in [-0.2, -0.15) is 0 Å². The summed E-state index contributed by atoms with van der Waals surface area (Å²) < 4.78 is 5.64. The van der Waals surface area contributed by atoms with E-state index in [-0.39, 0.29) is 0 Å². The molecule has 0 fully saturated rings.